The highest BCUT2D eigenvalue weighted by Crippen LogP contribution is 2.43. The van der Waals surface area contributed by atoms with Crippen LogP contribution in [0, 0.1) is 0 Å². The maximum atomic E-state index is 14.3. The van der Waals surface area contributed by atoms with Gasteiger partial charge in [-0.2, -0.15) is 0 Å². The highest BCUT2D eigenvalue weighted by molar-refractivity contribution is 6.04. The Morgan fingerprint density at radius 2 is 1.64 bits per heavy atom. The molecule has 6 rings (SSSR count). The zero-order valence-electron chi connectivity index (χ0n) is 21.3. The van der Waals surface area contributed by atoms with Gasteiger partial charge in [0.25, 0.3) is 5.91 Å². The molecule has 0 unspecified atom stereocenters. The normalized spacial score (nSPS) is 25.1. The summed E-state index contributed by atoms with van der Waals surface area (Å²) < 4.78 is 2.08. The molecule has 36 heavy (non-hydrogen) atoms. The van der Waals surface area contributed by atoms with E-state index in [9.17, 15) is 9.59 Å². The van der Waals surface area contributed by atoms with Crippen molar-refractivity contribution in [2.24, 2.45) is 0 Å². The number of rotatable bonds is 3. The second-order valence-electron chi connectivity index (χ2n) is 11.2. The molecule has 2 heterocycles. The smallest absolute Gasteiger partial charge is 0.271 e. The lowest BCUT2D eigenvalue weighted by Gasteiger charge is -2.49. The molecule has 0 saturated heterocycles. The van der Waals surface area contributed by atoms with Crippen LogP contribution in [0.5, 0.6) is 0 Å². The molecule has 188 valence electrons. The third-order valence-corrected chi connectivity index (χ3v) is 8.83. The van der Waals surface area contributed by atoms with Crippen LogP contribution < -0.4 is 5.32 Å². The molecule has 0 bridgehead atoms. The summed E-state index contributed by atoms with van der Waals surface area (Å²) >= 11 is 0. The first kappa shape index (κ1) is 23.3. The van der Waals surface area contributed by atoms with Crippen LogP contribution in [-0.2, 0) is 17.8 Å². The summed E-state index contributed by atoms with van der Waals surface area (Å²) in [5.41, 5.74) is 3.25. The molecule has 1 aliphatic heterocycles. The van der Waals surface area contributed by atoms with Crippen molar-refractivity contribution in [3.63, 3.8) is 0 Å². The second-order valence-corrected chi connectivity index (χ2v) is 11.2. The molecule has 2 atom stereocenters. The maximum absolute atomic E-state index is 14.3. The van der Waals surface area contributed by atoms with Gasteiger partial charge in [0.2, 0.25) is 5.91 Å². The van der Waals surface area contributed by atoms with E-state index >= 15 is 0 Å². The Bertz CT molecular complexity index is 1290. The van der Waals surface area contributed by atoms with Gasteiger partial charge in [0, 0.05) is 16.9 Å². The number of hydrogen-bond acceptors (Lipinski definition) is 2. The lowest BCUT2D eigenvalue weighted by Crippen LogP contribution is -2.65. The van der Waals surface area contributed by atoms with Crippen LogP contribution in [0.2, 0.25) is 0 Å². The number of para-hydroxylation sites is 1. The molecule has 1 fully saturated rings. The fraction of sp³-hybridized carbons (Fsp3) is 0.484. The third-order valence-electron chi connectivity index (χ3n) is 8.83. The Morgan fingerprint density at radius 1 is 0.917 bits per heavy atom. The molecule has 5 heteroatoms. The van der Waals surface area contributed by atoms with Crippen LogP contribution in [0.3, 0.4) is 0 Å². The van der Waals surface area contributed by atoms with Gasteiger partial charge in [-0.3, -0.25) is 9.59 Å². The van der Waals surface area contributed by atoms with E-state index in [1.165, 1.54) is 30.4 Å². The number of fused-ring (bicyclic) bond motifs is 4. The Balaban J connectivity index is 1.43. The summed E-state index contributed by atoms with van der Waals surface area (Å²) in [6.45, 7) is 2.47. The zero-order chi connectivity index (χ0) is 24.7. The molecule has 2 aromatic carbocycles. The molecule has 3 aliphatic rings. The van der Waals surface area contributed by atoms with E-state index < -0.39 is 5.54 Å². The molecule has 5 nitrogen and oxygen atoms in total. The monoisotopic (exact) mass is 483 g/mol. The van der Waals surface area contributed by atoms with Crippen molar-refractivity contribution < 1.29 is 9.59 Å². The number of carbonyl (C=O) groups excluding carboxylic acids is 2. The molecule has 2 aliphatic carbocycles. The fourth-order valence-electron chi connectivity index (χ4n) is 6.89. The quantitative estimate of drug-likeness (QED) is 0.485. The van der Waals surface area contributed by atoms with Gasteiger partial charge < -0.3 is 14.8 Å². The molecule has 2 amide bonds. The molecular formula is C31H37N3O2. The summed E-state index contributed by atoms with van der Waals surface area (Å²) in [6, 6.07) is 18.7. The number of aromatic nitrogens is 1. The maximum Gasteiger partial charge on any atom is 0.271 e. The van der Waals surface area contributed by atoms with Crippen molar-refractivity contribution in [3.8, 4) is 0 Å². The first-order chi connectivity index (χ1) is 17.6. The summed E-state index contributed by atoms with van der Waals surface area (Å²) in [6.07, 6.45) is 11.1. The van der Waals surface area contributed by atoms with E-state index in [-0.39, 0.29) is 23.9 Å². The first-order valence-electron chi connectivity index (χ1n) is 13.9. The number of carbonyl (C=O) groups is 2. The zero-order valence-corrected chi connectivity index (χ0v) is 21.3. The highest BCUT2D eigenvalue weighted by atomic mass is 16.2. The number of aryl methyl sites for hydroxylation is 1. The topological polar surface area (TPSA) is 54.3 Å². The Kier molecular flexibility index (Phi) is 6.10. The number of nitrogens with one attached hydrogen (secondary N) is 1. The molecular weight excluding hydrogens is 446 g/mol. The van der Waals surface area contributed by atoms with Crippen molar-refractivity contribution in [2.75, 3.05) is 0 Å². The van der Waals surface area contributed by atoms with Gasteiger partial charge in [0.15, 0.2) is 0 Å². The Morgan fingerprint density at radius 3 is 2.47 bits per heavy atom. The van der Waals surface area contributed by atoms with E-state index in [2.05, 4.69) is 46.3 Å². The largest absolute Gasteiger partial charge is 0.351 e. The molecule has 3 aromatic rings. The summed E-state index contributed by atoms with van der Waals surface area (Å²) in [7, 11) is 0. The lowest BCUT2D eigenvalue weighted by atomic mass is 9.82. The van der Waals surface area contributed by atoms with Gasteiger partial charge >= 0.3 is 0 Å². The first-order valence-corrected chi connectivity index (χ1v) is 13.9. The van der Waals surface area contributed by atoms with Crippen LogP contribution in [0.4, 0.5) is 0 Å². The number of amides is 2. The van der Waals surface area contributed by atoms with Gasteiger partial charge in [-0.1, -0.05) is 74.6 Å². The molecule has 1 saturated carbocycles. The standard InChI is InChI=1S/C31H37N3O2/c1-31(30(36)32-24-15-5-3-2-4-6-16-24)21-33-26-18-10-8-13-23(26)20-28(33)29(35)34(31)27-19-11-14-22-12-7-9-17-25(22)27/h7-10,12-13,17-18,20,24,27H,2-6,11,14-16,19,21H2,1H3,(H,32,36)/t27-,31-/m0/s1. The van der Waals surface area contributed by atoms with Crippen LogP contribution in [-0.4, -0.2) is 32.9 Å². The van der Waals surface area contributed by atoms with Crippen LogP contribution in [0.25, 0.3) is 10.9 Å². The summed E-state index contributed by atoms with van der Waals surface area (Å²) in [5.74, 6) is -0.0395. The average molecular weight is 484 g/mol. The van der Waals surface area contributed by atoms with Gasteiger partial charge in [-0.15, -0.1) is 0 Å². The minimum atomic E-state index is -0.969. The highest BCUT2D eigenvalue weighted by Gasteiger charge is 2.51. The predicted molar refractivity (Wildman–Crippen MR) is 143 cm³/mol. The minimum absolute atomic E-state index is 0.00657. The van der Waals surface area contributed by atoms with E-state index in [1.807, 2.05) is 30.0 Å². The van der Waals surface area contributed by atoms with Crippen LogP contribution >= 0.6 is 0 Å². The van der Waals surface area contributed by atoms with Crippen molar-refractivity contribution in [2.45, 2.75) is 95.3 Å². The average Bonchev–Trinajstić information content (AvgIpc) is 3.24. The molecule has 1 aromatic heterocycles. The van der Waals surface area contributed by atoms with Crippen molar-refractivity contribution in [1.82, 2.24) is 14.8 Å². The molecule has 1 N–H and O–H groups in total. The van der Waals surface area contributed by atoms with Crippen molar-refractivity contribution in [3.05, 3.63) is 71.4 Å². The minimum Gasteiger partial charge on any atom is -0.351 e. The summed E-state index contributed by atoms with van der Waals surface area (Å²) in [5, 5.41) is 4.49. The van der Waals surface area contributed by atoms with Gasteiger partial charge in [-0.05, 0) is 62.3 Å². The van der Waals surface area contributed by atoms with Crippen molar-refractivity contribution >= 4 is 22.7 Å². The van der Waals surface area contributed by atoms with Crippen molar-refractivity contribution in [1.29, 1.82) is 0 Å². The second kappa shape index (κ2) is 9.42. The Labute approximate surface area is 213 Å². The number of hydrogen-bond donors (Lipinski definition) is 1. The fourth-order valence-corrected chi connectivity index (χ4v) is 6.89. The predicted octanol–water partition coefficient (Wildman–Crippen LogP) is 6.16. The Hall–Kier alpha value is -3.08. The SMILES string of the molecule is C[C@@]1(C(=O)NC2CCCCCCC2)Cn2c(cc3ccccc32)C(=O)N1[C@H]1CCCc2ccccc21. The van der Waals surface area contributed by atoms with Gasteiger partial charge in [0.05, 0.1) is 12.6 Å². The van der Waals surface area contributed by atoms with E-state index in [4.69, 9.17) is 0 Å². The van der Waals surface area contributed by atoms with E-state index in [0.717, 1.165) is 55.8 Å². The summed E-state index contributed by atoms with van der Waals surface area (Å²) in [4.78, 5) is 30.5. The van der Waals surface area contributed by atoms with E-state index in [0.29, 0.717) is 12.2 Å². The number of benzene rings is 2. The van der Waals surface area contributed by atoms with Crippen LogP contribution in [0.15, 0.2) is 54.6 Å². The van der Waals surface area contributed by atoms with Crippen LogP contribution in [0.1, 0.15) is 92.4 Å². The van der Waals surface area contributed by atoms with Gasteiger partial charge in [0.1, 0.15) is 11.2 Å². The molecule has 0 spiro atoms. The third kappa shape index (κ3) is 3.93. The van der Waals surface area contributed by atoms with E-state index in [1.54, 1.807) is 0 Å². The van der Waals surface area contributed by atoms with Gasteiger partial charge in [-0.25, -0.2) is 0 Å². The molecule has 0 radical (unpaired) electrons. The lowest BCUT2D eigenvalue weighted by molar-refractivity contribution is -0.135. The number of nitrogens with zero attached hydrogens (tertiary/aromatic N) is 2.